The van der Waals surface area contributed by atoms with Gasteiger partial charge in [-0.05, 0) is 23.8 Å². The monoisotopic (exact) mass is 373 g/mol. The van der Waals surface area contributed by atoms with E-state index in [0.29, 0.717) is 5.56 Å². The fourth-order valence-corrected chi connectivity index (χ4v) is 2.72. The highest BCUT2D eigenvalue weighted by atomic mass is 32.2. The Kier molecular flexibility index (Phi) is 5.49. The molecule has 25 heavy (non-hydrogen) atoms. The number of nitrogens with two attached hydrogens (primary N) is 1. The Morgan fingerprint density at radius 3 is 2.36 bits per heavy atom. The predicted molar refractivity (Wildman–Crippen MR) is 84.9 cm³/mol. The summed E-state index contributed by atoms with van der Waals surface area (Å²) in [6.45, 7) is -2.80. The van der Waals surface area contributed by atoms with E-state index in [1.165, 1.54) is 30.3 Å². The lowest BCUT2D eigenvalue weighted by atomic mass is 10.2. The van der Waals surface area contributed by atoms with Crippen LogP contribution in [0, 0.1) is 10.1 Å². The van der Waals surface area contributed by atoms with E-state index in [9.17, 15) is 27.3 Å². The van der Waals surface area contributed by atoms with Crippen LogP contribution in [0.25, 0.3) is 0 Å². The van der Waals surface area contributed by atoms with Crippen molar-refractivity contribution in [3.8, 4) is 5.75 Å². The van der Waals surface area contributed by atoms with E-state index in [2.05, 4.69) is 10.1 Å². The zero-order valence-electron chi connectivity index (χ0n) is 12.6. The quantitative estimate of drug-likeness (QED) is 0.567. The van der Waals surface area contributed by atoms with Gasteiger partial charge in [0.2, 0.25) is 10.0 Å². The van der Waals surface area contributed by atoms with Crippen LogP contribution in [0.2, 0.25) is 0 Å². The first-order chi connectivity index (χ1) is 11.7. The molecule has 134 valence electrons. The minimum absolute atomic E-state index is 0.0145. The maximum absolute atomic E-state index is 12.1. The number of nitro benzene ring substituents is 1. The standard InChI is InChI=1S/C14H13F2N3O5S/c15-14(16)24-11-4-1-9(2-5-11)8-18-12-6-3-10(19(20)21)7-13(12)25(17,22)23/h1-7,14,18H,8H2,(H2,17,22,23). The Balaban J connectivity index is 2.18. The first kappa shape index (κ1) is 18.5. The van der Waals surface area contributed by atoms with Crippen LogP contribution < -0.4 is 15.2 Å². The molecule has 2 aromatic carbocycles. The number of hydrogen-bond acceptors (Lipinski definition) is 6. The van der Waals surface area contributed by atoms with Gasteiger partial charge >= 0.3 is 6.61 Å². The van der Waals surface area contributed by atoms with Crippen molar-refractivity contribution in [2.75, 3.05) is 5.32 Å². The van der Waals surface area contributed by atoms with Crippen molar-refractivity contribution in [3.63, 3.8) is 0 Å². The molecule has 0 fully saturated rings. The minimum atomic E-state index is -4.18. The van der Waals surface area contributed by atoms with Crippen LogP contribution in [0.3, 0.4) is 0 Å². The first-order valence-corrected chi connectivity index (χ1v) is 8.30. The summed E-state index contributed by atoms with van der Waals surface area (Å²) in [6, 6.07) is 8.90. The van der Waals surface area contributed by atoms with Crippen molar-refractivity contribution in [3.05, 3.63) is 58.1 Å². The number of nitrogens with zero attached hydrogens (tertiary/aromatic N) is 1. The fourth-order valence-electron chi connectivity index (χ4n) is 1.99. The van der Waals surface area contributed by atoms with Gasteiger partial charge in [-0.1, -0.05) is 12.1 Å². The number of benzene rings is 2. The maximum atomic E-state index is 12.1. The third kappa shape index (κ3) is 5.09. The fraction of sp³-hybridized carbons (Fsp3) is 0.143. The van der Waals surface area contributed by atoms with Gasteiger partial charge in [-0.15, -0.1) is 0 Å². The number of anilines is 1. The summed E-state index contributed by atoms with van der Waals surface area (Å²) in [5.74, 6) is -0.0145. The van der Waals surface area contributed by atoms with E-state index in [0.717, 1.165) is 12.1 Å². The molecule has 2 rings (SSSR count). The number of nitrogens with one attached hydrogen (secondary N) is 1. The molecule has 0 aliphatic heterocycles. The Morgan fingerprint density at radius 1 is 1.20 bits per heavy atom. The molecule has 0 saturated heterocycles. The second-order valence-electron chi connectivity index (χ2n) is 4.86. The molecule has 0 amide bonds. The average molecular weight is 373 g/mol. The molecule has 0 aliphatic carbocycles. The van der Waals surface area contributed by atoms with Gasteiger partial charge in [-0.3, -0.25) is 10.1 Å². The highest BCUT2D eigenvalue weighted by Gasteiger charge is 2.18. The van der Waals surface area contributed by atoms with Crippen LogP contribution in [-0.2, 0) is 16.6 Å². The van der Waals surface area contributed by atoms with E-state index in [1.54, 1.807) is 0 Å². The summed E-state index contributed by atoms with van der Waals surface area (Å²) < 4.78 is 51.6. The molecule has 0 radical (unpaired) electrons. The highest BCUT2D eigenvalue weighted by Crippen LogP contribution is 2.26. The normalized spacial score (nSPS) is 11.4. The SMILES string of the molecule is NS(=O)(=O)c1cc([N+](=O)[O-])ccc1NCc1ccc(OC(F)F)cc1. The zero-order chi connectivity index (χ0) is 18.6. The summed E-state index contributed by atoms with van der Waals surface area (Å²) in [5.41, 5.74) is 0.310. The number of ether oxygens (including phenoxy) is 1. The molecule has 0 aromatic heterocycles. The number of halogens is 2. The molecule has 0 aliphatic rings. The molecule has 0 saturated carbocycles. The van der Waals surface area contributed by atoms with Crippen LogP contribution >= 0.6 is 0 Å². The number of nitro groups is 1. The van der Waals surface area contributed by atoms with E-state index in [4.69, 9.17) is 5.14 Å². The number of alkyl halides is 2. The van der Waals surface area contributed by atoms with Crippen LogP contribution in [-0.4, -0.2) is 20.0 Å². The van der Waals surface area contributed by atoms with Crippen LogP contribution in [0.1, 0.15) is 5.56 Å². The summed E-state index contributed by atoms with van der Waals surface area (Å²) in [4.78, 5) is 9.61. The number of non-ortho nitro benzene ring substituents is 1. The van der Waals surface area contributed by atoms with Gasteiger partial charge in [0.1, 0.15) is 10.6 Å². The number of hydrogen-bond donors (Lipinski definition) is 2. The van der Waals surface area contributed by atoms with Crippen molar-refractivity contribution >= 4 is 21.4 Å². The molecule has 3 N–H and O–H groups in total. The van der Waals surface area contributed by atoms with Gasteiger partial charge in [0.15, 0.2) is 0 Å². The van der Waals surface area contributed by atoms with E-state index in [1.807, 2.05) is 0 Å². The molecule has 0 heterocycles. The van der Waals surface area contributed by atoms with Gasteiger partial charge in [0, 0.05) is 18.7 Å². The third-order valence-corrected chi connectivity index (χ3v) is 4.06. The molecular formula is C14H13F2N3O5S. The maximum Gasteiger partial charge on any atom is 0.387 e. The van der Waals surface area contributed by atoms with Gasteiger partial charge < -0.3 is 10.1 Å². The van der Waals surface area contributed by atoms with E-state index >= 15 is 0 Å². The molecular weight excluding hydrogens is 360 g/mol. The van der Waals surface area contributed by atoms with Crippen molar-refractivity contribution in [1.29, 1.82) is 0 Å². The van der Waals surface area contributed by atoms with Crippen LogP contribution in [0.5, 0.6) is 5.75 Å². The van der Waals surface area contributed by atoms with E-state index in [-0.39, 0.29) is 18.0 Å². The average Bonchev–Trinajstić information content (AvgIpc) is 2.52. The van der Waals surface area contributed by atoms with Gasteiger partial charge in [-0.2, -0.15) is 8.78 Å². The molecule has 11 heteroatoms. The van der Waals surface area contributed by atoms with Crippen molar-refractivity contribution in [1.82, 2.24) is 0 Å². The molecule has 0 bridgehead atoms. The zero-order valence-corrected chi connectivity index (χ0v) is 13.4. The molecule has 0 atom stereocenters. The molecule has 0 unspecified atom stereocenters. The Hall–Kier alpha value is -2.79. The number of primary sulfonamides is 1. The lowest BCUT2D eigenvalue weighted by Gasteiger charge is -2.11. The highest BCUT2D eigenvalue weighted by molar-refractivity contribution is 7.89. The second kappa shape index (κ2) is 7.40. The molecule has 0 spiro atoms. The van der Waals surface area contributed by atoms with Crippen molar-refractivity contribution in [2.24, 2.45) is 5.14 Å². The van der Waals surface area contributed by atoms with Gasteiger partial charge in [0.05, 0.1) is 10.6 Å². The molecule has 8 nitrogen and oxygen atoms in total. The third-order valence-electron chi connectivity index (χ3n) is 3.11. The Labute approximate surface area is 141 Å². The Bertz CT molecular complexity index is 873. The van der Waals surface area contributed by atoms with E-state index < -0.39 is 32.1 Å². The summed E-state index contributed by atoms with van der Waals surface area (Å²) in [6.07, 6.45) is 0. The van der Waals surface area contributed by atoms with Crippen molar-refractivity contribution in [2.45, 2.75) is 18.1 Å². The van der Waals surface area contributed by atoms with Crippen LogP contribution in [0.4, 0.5) is 20.2 Å². The molecule has 2 aromatic rings. The smallest absolute Gasteiger partial charge is 0.387 e. The second-order valence-corrected chi connectivity index (χ2v) is 6.39. The predicted octanol–water partition coefficient (Wildman–Crippen LogP) is 2.46. The lowest BCUT2D eigenvalue weighted by Crippen LogP contribution is -2.15. The van der Waals surface area contributed by atoms with Crippen LogP contribution in [0.15, 0.2) is 47.4 Å². The van der Waals surface area contributed by atoms with Gasteiger partial charge in [0.25, 0.3) is 5.69 Å². The minimum Gasteiger partial charge on any atom is -0.435 e. The largest absolute Gasteiger partial charge is 0.435 e. The number of sulfonamides is 1. The van der Waals surface area contributed by atoms with Crippen molar-refractivity contribution < 1.29 is 26.9 Å². The topological polar surface area (TPSA) is 125 Å². The Morgan fingerprint density at radius 2 is 1.84 bits per heavy atom. The lowest BCUT2D eigenvalue weighted by molar-refractivity contribution is -0.385. The summed E-state index contributed by atoms with van der Waals surface area (Å²) >= 11 is 0. The summed E-state index contributed by atoms with van der Waals surface area (Å²) in [5, 5.41) is 18.6. The number of rotatable bonds is 7. The first-order valence-electron chi connectivity index (χ1n) is 6.75. The summed E-state index contributed by atoms with van der Waals surface area (Å²) in [7, 11) is -4.18. The van der Waals surface area contributed by atoms with Gasteiger partial charge in [-0.25, -0.2) is 13.6 Å².